The number of nitrogens with one attached hydrogen (secondary N) is 1. The number of benzene rings is 1. The third kappa shape index (κ3) is 5.72. The molecule has 11 heteroatoms. The van der Waals surface area contributed by atoms with Gasteiger partial charge in [0.05, 0.1) is 11.7 Å². The summed E-state index contributed by atoms with van der Waals surface area (Å²) in [6, 6.07) is 2.42. The van der Waals surface area contributed by atoms with Gasteiger partial charge >= 0.3 is 18.3 Å². The number of rotatable bonds is 2. The maximum atomic E-state index is 13.7. The van der Waals surface area contributed by atoms with Crippen LogP contribution in [0.15, 0.2) is 18.2 Å². The summed E-state index contributed by atoms with van der Waals surface area (Å²) in [7, 11) is 0. The monoisotopic (exact) mass is 403 g/mol. The average molecular weight is 403 g/mol. The highest BCUT2D eigenvalue weighted by Crippen LogP contribution is 2.38. The molecule has 3 atom stereocenters. The molecule has 0 amide bonds. The number of carboxylic acid groups (broad SMARTS) is 1. The molecule has 1 aromatic carbocycles. The maximum absolute atomic E-state index is 13.7. The highest BCUT2D eigenvalue weighted by Gasteiger charge is 2.39. The molecule has 27 heavy (non-hydrogen) atoms. The molecule has 1 aliphatic carbocycles. The van der Waals surface area contributed by atoms with Crippen LogP contribution in [0.5, 0.6) is 5.75 Å². The van der Waals surface area contributed by atoms with Crippen molar-refractivity contribution in [1.29, 1.82) is 0 Å². The Morgan fingerprint density at radius 1 is 1.07 bits per heavy atom. The zero-order valence-electron chi connectivity index (χ0n) is 13.7. The fourth-order valence-electron chi connectivity index (χ4n) is 3.16. The molecule has 4 nitrogen and oxygen atoms in total. The van der Waals surface area contributed by atoms with E-state index in [2.05, 4.69) is 5.32 Å². The van der Waals surface area contributed by atoms with Crippen molar-refractivity contribution in [3.05, 3.63) is 29.6 Å². The van der Waals surface area contributed by atoms with Gasteiger partial charge in [0.25, 0.3) is 0 Å². The first kappa shape index (κ1) is 21.3. The molecule has 2 N–H and O–H groups in total. The second kappa shape index (κ2) is 7.91. The zero-order chi connectivity index (χ0) is 20.4. The summed E-state index contributed by atoms with van der Waals surface area (Å²) in [5, 5.41) is 10.4. The second-order valence-corrected chi connectivity index (χ2v) is 6.34. The molecule has 1 aliphatic heterocycles. The largest absolute Gasteiger partial charge is 0.490 e. The Hall–Kier alpha value is -2.04. The van der Waals surface area contributed by atoms with Crippen LogP contribution in [0, 0.1) is 17.7 Å². The summed E-state index contributed by atoms with van der Waals surface area (Å²) in [5.74, 6) is -2.71. The summed E-state index contributed by atoms with van der Waals surface area (Å²) in [4.78, 5) is 8.90. The van der Waals surface area contributed by atoms with Crippen LogP contribution in [0.25, 0.3) is 0 Å². The summed E-state index contributed by atoms with van der Waals surface area (Å²) in [6.07, 6.45) is -8.05. The van der Waals surface area contributed by atoms with E-state index in [1.165, 1.54) is 0 Å². The minimum atomic E-state index is -5.08. The van der Waals surface area contributed by atoms with E-state index in [0.29, 0.717) is 17.9 Å². The average Bonchev–Trinajstić information content (AvgIpc) is 3.09. The molecule has 1 heterocycles. The molecule has 2 fully saturated rings. The number of aliphatic carboxylic acids is 1. The van der Waals surface area contributed by atoms with Crippen LogP contribution < -0.4 is 10.1 Å². The molecule has 0 aromatic heterocycles. The summed E-state index contributed by atoms with van der Waals surface area (Å²) in [5.41, 5.74) is -0.991. The number of carbonyl (C=O) groups is 1. The Labute approximate surface area is 149 Å². The smallest absolute Gasteiger partial charge is 0.487 e. The van der Waals surface area contributed by atoms with E-state index in [1.54, 1.807) is 0 Å². The summed E-state index contributed by atoms with van der Waals surface area (Å²) >= 11 is 0. The van der Waals surface area contributed by atoms with Crippen LogP contribution in [0.1, 0.15) is 18.4 Å². The molecule has 0 spiro atoms. The molecular weight excluding hydrogens is 387 g/mol. The van der Waals surface area contributed by atoms with Gasteiger partial charge < -0.3 is 15.2 Å². The van der Waals surface area contributed by atoms with Crippen LogP contribution in [0.4, 0.5) is 30.7 Å². The van der Waals surface area contributed by atoms with E-state index < -0.39 is 29.7 Å². The highest BCUT2D eigenvalue weighted by molar-refractivity contribution is 5.73. The van der Waals surface area contributed by atoms with E-state index in [1.807, 2.05) is 0 Å². The Kier molecular flexibility index (Phi) is 6.23. The van der Waals surface area contributed by atoms with Crippen molar-refractivity contribution in [3.8, 4) is 5.75 Å². The van der Waals surface area contributed by atoms with Gasteiger partial charge in [-0.2, -0.15) is 26.3 Å². The minimum Gasteiger partial charge on any atom is -0.487 e. The van der Waals surface area contributed by atoms with E-state index in [0.717, 1.165) is 38.1 Å². The number of alkyl halides is 6. The number of fused-ring (bicyclic) bond motifs is 1. The minimum absolute atomic E-state index is 0.0871. The first-order valence-corrected chi connectivity index (χ1v) is 7.92. The molecule has 0 bridgehead atoms. The van der Waals surface area contributed by atoms with Gasteiger partial charge in [-0.15, -0.1) is 0 Å². The summed E-state index contributed by atoms with van der Waals surface area (Å²) < 4.78 is 88.3. The fourth-order valence-corrected chi connectivity index (χ4v) is 3.16. The van der Waals surface area contributed by atoms with E-state index in [-0.39, 0.29) is 11.9 Å². The van der Waals surface area contributed by atoms with Crippen LogP contribution in [0.3, 0.4) is 0 Å². The van der Waals surface area contributed by atoms with Gasteiger partial charge in [0.15, 0.2) is 11.6 Å². The molecule has 152 valence electrons. The van der Waals surface area contributed by atoms with Gasteiger partial charge in [0.1, 0.15) is 0 Å². The van der Waals surface area contributed by atoms with Crippen molar-refractivity contribution in [1.82, 2.24) is 5.32 Å². The van der Waals surface area contributed by atoms with Crippen molar-refractivity contribution in [3.63, 3.8) is 0 Å². The SMILES string of the molecule is Fc1cc(C(F)(F)F)ccc1OC1C[C@H]2CNC[C@H]2C1.O=C(O)C(F)(F)F. The lowest BCUT2D eigenvalue weighted by Gasteiger charge is -2.16. The molecule has 1 saturated heterocycles. The fraction of sp³-hybridized carbons (Fsp3) is 0.562. The van der Waals surface area contributed by atoms with Crippen LogP contribution in [-0.2, 0) is 11.0 Å². The first-order chi connectivity index (χ1) is 12.4. The zero-order valence-corrected chi connectivity index (χ0v) is 13.7. The number of hydrogen-bond donors (Lipinski definition) is 2. The first-order valence-electron chi connectivity index (χ1n) is 7.92. The van der Waals surface area contributed by atoms with E-state index in [9.17, 15) is 30.7 Å². The Morgan fingerprint density at radius 2 is 1.59 bits per heavy atom. The van der Waals surface area contributed by atoms with Gasteiger partial charge in [-0.25, -0.2) is 9.18 Å². The molecule has 3 rings (SSSR count). The number of halogens is 7. The third-order valence-electron chi connectivity index (χ3n) is 4.41. The lowest BCUT2D eigenvalue weighted by atomic mass is 10.0. The van der Waals surface area contributed by atoms with Crippen LogP contribution >= 0.6 is 0 Å². The van der Waals surface area contributed by atoms with Crippen molar-refractivity contribution in [2.24, 2.45) is 11.8 Å². The Morgan fingerprint density at radius 3 is 2.00 bits per heavy atom. The van der Waals surface area contributed by atoms with Gasteiger partial charge in [-0.05, 0) is 56.0 Å². The van der Waals surface area contributed by atoms with Gasteiger partial charge in [-0.1, -0.05) is 0 Å². The third-order valence-corrected chi connectivity index (χ3v) is 4.41. The van der Waals surface area contributed by atoms with E-state index in [4.69, 9.17) is 14.6 Å². The van der Waals surface area contributed by atoms with Crippen molar-refractivity contribution < 1.29 is 45.4 Å². The predicted molar refractivity (Wildman–Crippen MR) is 78.6 cm³/mol. The molecule has 1 saturated carbocycles. The standard InChI is InChI=1S/C14H15F4NO.C2HF3O2/c15-12-5-10(14(16,17)18)1-2-13(12)20-11-3-8-6-19-7-9(8)4-11;3-2(4,5)1(6)7/h1-2,5,8-9,11,19H,3-4,6-7H2;(H,6,7)/t8-,9+,11?;. The molecule has 2 aliphatic rings. The topological polar surface area (TPSA) is 58.6 Å². The lowest BCUT2D eigenvalue weighted by molar-refractivity contribution is -0.192. The van der Waals surface area contributed by atoms with Crippen molar-refractivity contribution >= 4 is 5.97 Å². The second-order valence-electron chi connectivity index (χ2n) is 6.34. The maximum Gasteiger partial charge on any atom is 0.490 e. The van der Waals surface area contributed by atoms with Gasteiger partial charge in [0, 0.05) is 0 Å². The Balaban J connectivity index is 0.000000321. The van der Waals surface area contributed by atoms with Crippen LogP contribution in [-0.4, -0.2) is 36.4 Å². The quantitative estimate of drug-likeness (QED) is 0.737. The summed E-state index contributed by atoms with van der Waals surface area (Å²) in [6.45, 7) is 1.89. The van der Waals surface area contributed by atoms with Crippen molar-refractivity contribution in [2.45, 2.75) is 31.3 Å². The van der Waals surface area contributed by atoms with Crippen molar-refractivity contribution in [2.75, 3.05) is 13.1 Å². The van der Waals surface area contributed by atoms with Crippen LogP contribution in [0.2, 0.25) is 0 Å². The predicted octanol–water partition coefficient (Wildman–Crippen LogP) is 3.85. The van der Waals surface area contributed by atoms with Gasteiger partial charge in [-0.3, -0.25) is 0 Å². The molecular formula is C16H16F7NO3. The number of ether oxygens (including phenoxy) is 1. The highest BCUT2D eigenvalue weighted by atomic mass is 19.4. The molecule has 1 aromatic rings. The molecule has 1 unspecified atom stereocenters. The van der Waals surface area contributed by atoms with E-state index >= 15 is 0 Å². The Bertz CT molecular complexity index is 663. The van der Waals surface area contributed by atoms with Gasteiger partial charge in [0.2, 0.25) is 0 Å². The lowest BCUT2D eigenvalue weighted by Crippen LogP contribution is -2.21. The normalized spacial score (nSPS) is 24.8. The molecule has 0 radical (unpaired) electrons. The number of hydrogen-bond acceptors (Lipinski definition) is 3. The number of carboxylic acids is 1.